The highest BCUT2D eigenvalue weighted by atomic mass is 35.5. The molecular weight excluding hydrogens is 378 g/mol. The second-order valence-electron chi connectivity index (χ2n) is 5.35. The van der Waals surface area contributed by atoms with E-state index in [0.717, 1.165) is 0 Å². The van der Waals surface area contributed by atoms with Crippen LogP contribution in [0.3, 0.4) is 0 Å². The molecule has 0 aliphatic heterocycles. The predicted molar refractivity (Wildman–Crippen MR) is 97.7 cm³/mol. The molecule has 0 heterocycles. The standard InChI is InChI=1S/C20H11Cl2FO3/c21-17-3-1-2-16(18(17)22)20(25)26-15-10-6-13(7-11-15)19(24)12-4-8-14(23)9-5-12/h1-11H. The van der Waals surface area contributed by atoms with Crippen LogP contribution in [0.1, 0.15) is 26.3 Å². The normalized spacial score (nSPS) is 10.4. The van der Waals surface area contributed by atoms with Crippen LogP contribution in [0.25, 0.3) is 0 Å². The zero-order chi connectivity index (χ0) is 18.7. The molecule has 3 nitrogen and oxygen atoms in total. The molecule has 3 aromatic carbocycles. The van der Waals surface area contributed by atoms with E-state index < -0.39 is 11.8 Å². The summed E-state index contributed by atoms with van der Waals surface area (Å²) in [6, 6.07) is 16.0. The Bertz CT molecular complexity index is 967. The van der Waals surface area contributed by atoms with Crippen molar-refractivity contribution in [3.05, 3.63) is 99.3 Å². The summed E-state index contributed by atoms with van der Waals surface area (Å²) in [5.41, 5.74) is 0.893. The predicted octanol–water partition coefficient (Wildman–Crippen LogP) is 5.58. The van der Waals surface area contributed by atoms with E-state index in [1.54, 1.807) is 12.1 Å². The van der Waals surface area contributed by atoms with Crippen molar-refractivity contribution in [2.75, 3.05) is 0 Å². The van der Waals surface area contributed by atoms with E-state index in [2.05, 4.69) is 0 Å². The van der Waals surface area contributed by atoms with Gasteiger partial charge < -0.3 is 4.74 Å². The largest absolute Gasteiger partial charge is 0.423 e. The number of hydrogen-bond donors (Lipinski definition) is 0. The second kappa shape index (κ2) is 7.68. The number of ketones is 1. The fourth-order valence-electron chi connectivity index (χ4n) is 2.27. The monoisotopic (exact) mass is 388 g/mol. The Balaban J connectivity index is 1.75. The van der Waals surface area contributed by atoms with E-state index in [1.165, 1.54) is 54.6 Å². The lowest BCUT2D eigenvalue weighted by atomic mass is 10.0. The van der Waals surface area contributed by atoms with Crippen LogP contribution in [0, 0.1) is 5.82 Å². The first kappa shape index (κ1) is 18.1. The van der Waals surface area contributed by atoms with Gasteiger partial charge in [0.2, 0.25) is 0 Å². The van der Waals surface area contributed by atoms with E-state index in [-0.39, 0.29) is 27.1 Å². The third-order valence-corrected chi connectivity index (χ3v) is 4.42. The van der Waals surface area contributed by atoms with Gasteiger partial charge in [0, 0.05) is 11.1 Å². The van der Waals surface area contributed by atoms with Crippen LogP contribution in [0.15, 0.2) is 66.7 Å². The lowest BCUT2D eigenvalue weighted by molar-refractivity contribution is 0.0735. The highest BCUT2D eigenvalue weighted by Crippen LogP contribution is 2.26. The minimum absolute atomic E-state index is 0.113. The van der Waals surface area contributed by atoms with Gasteiger partial charge >= 0.3 is 5.97 Å². The van der Waals surface area contributed by atoms with Gasteiger partial charge in [-0.2, -0.15) is 0 Å². The molecule has 0 spiro atoms. The molecule has 3 rings (SSSR count). The maximum atomic E-state index is 12.9. The summed E-state index contributed by atoms with van der Waals surface area (Å²) in [4.78, 5) is 24.5. The lowest BCUT2D eigenvalue weighted by Crippen LogP contribution is -2.09. The molecule has 0 saturated carbocycles. The molecule has 0 saturated heterocycles. The van der Waals surface area contributed by atoms with Crippen molar-refractivity contribution in [2.45, 2.75) is 0 Å². The molecule has 130 valence electrons. The average Bonchev–Trinajstić information content (AvgIpc) is 2.64. The van der Waals surface area contributed by atoms with E-state index in [4.69, 9.17) is 27.9 Å². The molecule has 6 heteroatoms. The first-order valence-corrected chi connectivity index (χ1v) is 8.28. The Morgan fingerprint density at radius 2 is 1.38 bits per heavy atom. The summed E-state index contributed by atoms with van der Waals surface area (Å²) in [5.74, 6) is -1.08. The van der Waals surface area contributed by atoms with Crippen LogP contribution in [0.4, 0.5) is 4.39 Å². The molecule has 0 atom stereocenters. The molecule has 0 fully saturated rings. The maximum absolute atomic E-state index is 12.9. The molecule has 0 radical (unpaired) electrons. The summed E-state index contributed by atoms with van der Waals surface area (Å²) >= 11 is 11.9. The SMILES string of the molecule is O=C(c1ccc(F)cc1)c1ccc(OC(=O)c2cccc(Cl)c2Cl)cc1. The van der Waals surface area contributed by atoms with Crippen molar-refractivity contribution in [1.29, 1.82) is 0 Å². The van der Waals surface area contributed by atoms with Gasteiger partial charge in [-0.1, -0.05) is 29.3 Å². The first-order valence-electron chi connectivity index (χ1n) is 7.52. The van der Waals surface area contributed by atoms with Crippen molar-refractivity contribution in [3.8, 4) is 5.75 Å². The summed E-state index contributed by atoms with van der Waals surface area (Å²) < 4.78 is 18.2. The van der Waals surface area contributed by atoms with Crippen LogP contribution >= 0.6 is 23.2 Å². The molecular formula is C20H11Cl2FO3. The Hall–Kier alpha value is -2.69. The smallest absolute Gasteiger partial charge is 0.345 e. The summed E-state index contributed by atoms with van der Waals surface area (Å²) in [6.45, 7) is 0. The summed E-state index contributed by atoms with van der Waals surface area (Å²) in [7, 11) is 0. The van der Waals surface area contributed by atoms with Gasteiger partial charge in [-0.3, -0.25) is 4.79 Å². The van der Waals surface area contributed by atoms with Crippen molar-refractivity contribution < 1.29 is 18.7 Å². The Morgan fingerprint density at radius 3 is 2.00 bits per heavy atom. The summed E-state index contributed by atoms with van der Waals surface area (Å²) in [6.07, 6.45) is 0. The number of carbonyl (C=O) groups is 2. The molecule has 3 aromatic rings. The number of hydrogen-bond acceptors (Lipinski definition) is 3. The van der Waals surface area contributed by atoms with Crippen LogP contribution in [0.2, 0.25) is 10.0 Å². The van der Waals surface area contributed by atoms with Gasteiger partial charge in [-0.15, -0.1) is 0 Å². The van der Waals surface area contributed by atoms with E-state index in [9.17, 15) is 14.0 Å². The van der Waals surface area contributed by atoms with E-state index in [0.29, 0.717) is 11.1 Å². The molecule has 0 aromatic heterocycles. The number of carbonyl (C=O) groups excluding carboxylic acids is 2. The molecule has 26 heavy (non-hydrogen) atoms. The highest BCUT2D eigenvalue weighted by molar-refractivity contribution is 6.43. The zero-order valence-corrected chi connectivity index (χ0v) is 14.7. The first-order chi connectivity index (χ1) is 12.5. The van der Waals surface area contributed by atoms with Crippen molar-refractivity contribution >= 4 is 35.0 Å². The lowest BCUT2D eigenvalue weighted by Gasteiger charge is -2.07. The van der Waals surface area contributed by atoms with Gasteiger partial charge in [0.25, 0.3) is 0 Å². The van der Waals surface area contributed by atoms with Gasteiger partial charge in [-0.05, 0) is 60.7 Å². The fourth-order valence-corrected chi connectivity index (χ4v) is 2.64. The van der Waals surface area contributed by atoms with Gasteiger partial charge in [-0.25, -0.2) is 9.18 Å². The molecule has 0 aliphatic carbocycles. The molecule has 0 bridgehead atoms. The molecule has 0 amide bonds. The highest BCUT2D eigenvalue weighted by Gasteiger charge is 2.15. The van der Waals surface area contributed by atoms with E-state index >= 15 is 0 Å². The van der Waals surface area contributed by atoms with Crippen LogP contribution in [0.5, 0.6) is 5.75 Å². The minimum atomic E-state index is -0.657. The third kappa shape index (κ3) is 3.93. The minimum Gasteiger partial charge on any atom is -0.423 e. The number of halogens is 3. The topological polar surface area (TPSA) is 43.4 Å². The quantitative estimate of drug-likeness (QED) is 0.332. The molecule has 0 aliphatic rings. The van der Waals surface area contributed by atoms with E-state index in [1.807, 2.05) is 0 Å². The zero-order valence-electron chi connectivity index (χ0n) is 13.2. The Morgan fingerprint density at radius 1 is 0.808 bits per heavy atom. The number of ether oxygens (including phenoxy) is 1. The van der Waals surface area contributed by atoms with Crippen molar-refractivity contribution in [3.63, 3.8) is 0 Å². The third-order valence-electron chi connectivity index (χ3n) is 3.60. The van der Waals surface area contributed by atoms with Crippen LogP contribution in [-0.2, 0) is 0 Å². The van der Waals surface area contributed by atoms with Gasteiger partial charge in [0.15, 0.2) is 5.78 Å². The maximum Gasteiger partial charge on any atom is 0.345 e. The molecule has 0 unspecified atom stereocenters. The number of rotatable bonds is 4. The van der Waals surface area contributed by atoms with Crippen LogP contribution in [-0.4, -0.2) is 11.8 Å². The number of esters is 1. The van der Waals surface area contributed by atoms with Crippen molar-refractivity contribution in [1.82, 2.24) is 0 Å². The Labute approximate surface area is 158 Å². The number of benzene rings is 3. The van der Waals surface area contributed by atoms with Crippen molar-refractivity contribution in [2.24, 2.45) is 0 Å². The second-order valence-corrected chi connectivity index (χ2v) is 6.14. The average molecular weight is 389 g/mol. The Kier molecular flexibility index (Phi) is 5.35. The fraction of sp³-hybridized carbons (Fsp3) is 0. The van der Waals surface area contributed by atoms with Gasteiger partial charge in [0.05, 0.1) is 15.6 Å². The van der Waals surface area contributed by atoms with Gasteiger partial charge in [0.1, 0.15) is 11.6 Å². The van der Waals surface area contributed by atoms with Crippen LogP contribution < -0.4 is 4.74 Å². The summed E-state index contributed by atoms with van der Waals surface area (Å²) in [5, 5.41) is 0.364. The molecule has 0 N–H and O–H groups in total.